The van der Waals surface area contributed by atoms with Gasteiger partial charge in [-0.05, 0) is 41.2 Å². The molecule has 0 amide bonds. The first-order chi connectivity index (χ1) is 14.2. The van der Waals surface area contributed by atoms with Gasteiger partial charge in [0.1, 0.15) is 0 Å². The number of nitrogens with zero attached hydrogens (tertiary/aromatic N) is 6. The van der Waals surface area contributed by atoms with Gasteiger partial charge in [-0.1, -0.05) is 63.4 Å². The van der Waals surface area contributed by atoms with E-state index in [1.807, 2.05) is 4.68 Å². The van der Waals surface area contributed by atoms with Crippen molar-refractivity contribution in [1.29, 1.82) is 0 Å². The van der Waals surface area contributed by atoms with Gasteiger partial charge < -0.3 is 0 Å². The maximum Gasteiger partial charge on any atom is 0.168 e. The molecule has 6 heteroatoms. The molecule has 1 aliphatic heterocycles. The molecular weight excluding hydrogens is 360 g/mol. The molecule has 1 aromatic carbocycles. The maximum absolute atomic E-state index is 4.50. The van der Waals surface area contributed by atoms with E-state index in [9.17, 15) is 0 Å². The van der Waals surface area contributed by atoms with Gasteiger partial charge in [0, 0.05) is 32.2 Å². The quantitative estimate of drug-likeness (QED) is 0.713. The minimum Gasteiger partial charge on any atom is -0.298 e. The van der Waals surface area contributed by atoms with Crippen LogP contribution in [0.15, 0.2) is 30.3 Å². The lowest BCUT2D eigenvalue weighted by molar-refractivity contribution is 0.0469. The Labute approximate surface area is 175 Å². The van der Waals surface area contributed by atoms with Crippen molar-refractivity contribution >= 4 is 0 Å². The van der Waals surface area contributed by atoms with E-state index in [4.69, 9.17) is 0 Å². The number of hydrogen-bond acceptors (Lipinski definition) is 5. The van der Waals surface area contributed by atoms with E-state index in [2.05, 4.69) is 69.5 Å². The highest BCUT2D eigenvalue weighted by molar-refractivity contribution is 5.15. The van der Waals surface area contributed by atoms with Gasteiger partial charge in [0.05, 0.1) is 12.6 Å². The number of aromatic nitrogens is 4. The third kappa shape index (κ3) is 5.23. The van der Waals surface area contributed by atoms with Gasteiger partial charge in [-0.15, -0.1) is 5.10 Å². The molecule has 2 fully saturated rings. The molecule has 1 aliphatic carbocycles. The highest BCUT2D eigenvalue weighted by atomic mass is 15.6. The molecule has 1 atom stereocenters. The first-order valence-corrected chi connectivity index (χ1v) is 11.5. The summed E-state index contributed by atoms with van der Waals surface area (Å²) in [6.07, 6.45) is 8.13. The summed E-state index contributed by atoms with van der Waals surface area (Å²) in [5, 5.41) is 12.9. The minimum atomic E-state index is 0.294. The fourth-order valence-corrected chi connectivity index (χ4v) is 5.04. The Morgan fingerprint density at radius 3 is 2.38 bits per heavy atom. The van der Waals surface area contributed by atoms with E-state index >= 15 is 0 Å². The average Bonchev–Trinajstić information content (AvgIpc) is 3.21. The molecule has 6 nitrogen and oxygen atoms in total. The Hall–Kier alpha value is -1.79. The predicted octanol–water partition coefficient (Wildman–Crippen LogP) is 3.76. The van der Waals surface area contributed by atoms with Crippen molar-refractivity contribution in [3.8, 4) is 0 Å². The third-order valence-corrected chi connectivity index (χ3v) is 6.61. The van der Waals surface area contributed by atoms with Crippen LogP contribution in [0.2, 0.25) is 0 Å². The van der Waals surface area contributed by atoms with Crippen LogP contribution >= 0.6 is 0 Å². The zero-order valence-electron chi connectivity index (χ0n) is 18.1. The Balaban J connectivity index is 1.45. The van der Waals surface area contributed by atoms with Crippen LogP contribution in [0.25, 0.3) is 0 Å². The van der Waals surface area contributed by atoms with E-state index in [1.54, 1.807) is 0 Å². The van der Waals surface area contributed by atoms with Crippen molar-refractivity contribution in [1.82, 2.24) is 30.0 Å². The summed E-state index contributed by atoms with van der Waals surface area (Å²) in [4.78, 5) is 5.38. The monoisotopic (exact) mass is 396 g/mol. The second-order valence-electron chi connectivity index (χ2n) is 9.19. The predicted molar refractivity (Wildman–Crippen MR) is 116 cm³/mol. The topological polar surface area (TPSA) is 50.1 Å². The van der Waals surface area contributed by atoms with Crippen LogP contribution in [-0.4, -0.2) is 62.2 Å². The van der Waals surface area contributed by atoms with Crippen molar-refractivity contribution in [2.75, 3.05) is 26.2 Å². The van der Waals surface area contributed by atoms with E-state index in [-0.39, 0.29) is 0 Å². The smallest absolute Gasteiger partial charge is 0.168 e. The minimum absolute atomic E-state index is 0.294. The molecule has 0 spiro atoms. The van der Waals surface area contributed by atoms with Gasteiger partial charge in [0.25, 0.3) is 0 Å². The first-order valence-electron chi connectivity index (χ1n) is 11.5. The Kier molecular flexibility index (Phi) is 6.93. The maximum atomic E-state index is 4.50. The number of rotatable bonds is 7. The van der Waals surface area contributed by atoms with Crippen molar-refractivity contribution in [2.24, 2.45) is 5.92 Å². The lowest BCUT2D eigenvalue weighted by atomic mass is 9.93. The molecule has 2 aromatic rings. The molecule has 2 heterocycles. The largest absolute Gasteiger partial charge is 0.298 e. The van der Waals surface area contributed by atoms with Crippen LogP contribution in [0.5, 0.6) is 0 Å². The fraction of sp³-hybridized carbons (Fsp3) is 0.696. The molecule has 2 aliphatic rings. The summed E-state index contributed by atoms with van der Waals surface area (Å²) in [6.45, 7) is 9.93. The van der Waals surface area contributed by atoms with Gasteiger partial charge in [0.2, 0.25) is 0 Å². The van der Waals surface area contributed by atoms with E-state index in [0.717, 1.165) is 37.9 Å². The lowest BCUT2D eigenvalue weighted by Crippen LogP contribution is -2.52. The number of benzene rings is 1. The van der Waals surface area contributed by atoms with Crippen LogP contribution in [0, 0.1) is 5.92 Å². The molecule has 4 rings (SSSR count). The van der Waals surface area contributed by atoms with Crippen LogP contribution in [0.3, 0.4) is 0 Å². The zero-order valence-corrected chi connectivity index (χ0v) is 18.1. The van der Waals surface area contributed by atoms with Gasteiger partial charge in [-0.2, -0.15) is 0 Å². The fourth-order valence-electron chi connectivity index (χ4n) is 5.04. The molecule has 0 N–H and O–H groups in total. The summed E-state index contributed by atoms with van der Waals surface area (Å²) in [5.74, 6) is 1.63. The second-order valence-corrected chi connectivity index (χ2v) is 9.19. The normalized spacial score (nSPS) is 20.9. The molecule has 0 bridgehead atoms. The number of piperazine rings is 1. The van der Waals surface area contributed by atoms with Crippen molar-refractivity contribution in [3.05, 3.63) is 41.7 Å². The molecule has 29 heavy (non-hydrogen) atoms. The number of tetrazole rings is 1. The molecule has 1 saturated heterocycles. The Morgan fingerprint density at radius 1 is 0.966 bits per heavy atom. The Bertz CT molecular complexity index is 729. The third-order valence-electron chi connectivity index (χ3n) is 6.61. The zero-order chi connectivity index (χ0) is 20.1. The summed E-state index contributed by atoms with van der Waals surface area (Å²) < 4.78 is 2.01. The molecule has 1 unspecified atom stereocenters. The Morgan fingerprint density at radius 2 is 1.69 bits per heavy atom. The average molecular weight is 397 g/mol. The van der Waals surface area contributed by atoms with E-state index < -0.39 is 0 Å². The molecule has 0 radical (unpaired) electrons. The number of hydrogen-bond donors (Lipinski definition) is 0. The van der Waals surface area contributed by atoms with Crippen LogP contribution in [0.1, 0.15) is 69.8 Å². The first kappa shape index (κ1) is 20.5. The van der Waals surface area contributed by atoms with Gasteiger partial charge in [0.15, 0.2) is 5.82 Å². The van der Waals surface area contributed by atoms with Crippen LogP contribution < -0.4 is 0 Å². The van der Waals surface area contributed by atoms with E-state index in [1.165, 1.54) is 50.8 Å². The van der Waals surface area contributed by atoms with Crippen LogP contribution in [0.4, 0.5) is 0 Å². The molecule has 1 saturated carbocycles. The summed E-state index contributed by atoms with van der Waals surface area (Å²) >= 11 is 0. The van der Waals surface area contributed by atoms with Crippen molar-refractivity contribution < 1.29 is 0 Å². The summed E-state index contributed by atoms with van der Waals surface area (Å²) in [6, 6.07) is 11.6. The standard InChI is InChI=1S/C23H36N6/c1-19(2)17-22(23-24-25-26-29(23)18-20-9-5-3-6-10-20)28-15-13-27(14-16-28)21-11-7-4-8-12-21/h3,5-6,9-10,19,21-22H,4,7-8,11-18H2,1-2H3. The van der Waals surface area contributed by atoms with Gasteiger partial charge in [-0.25, -0.2) is 4.68 Å². The SMILES string of the molecule is CC(C)CC(c1nnnn1Cc1ccccc1)N1CCN(C2CCCCC2)CC1. The van der Waals surface area contributed by atoms with Gasteiger partial charge >= 0.3 is 0 Å². The second kappa shape index (κ2) is 9.81. The highest BCUT2D eigenvalue weighted by Gasteiger charge is 2.32. The molecule has 1 aromatic heterocycles. The summed E-state index contributed by atoms with van der Waals surface area (Å²) in [5.41, 5.74) is 1.24. The summed E-state index contributed by atoms with van der Waals surface area (Å²) in [7, 11) is 0. The van der Waals surface area contributed by atoms with Crippen molar-refractivity contribution in [3.63, 3.8) is 0 Å². The van der Waals surface area contributed by atoms with Gasteiger partial charge in [-0.3, -0.25) is 9.80 Å². The lowest BCUT2D eigenvalue weighted by Gasteiger charge is -2.43. The highest BCUT2D eigenvalue weighted by Crippen LogP contribution is 2.29. The van der Waals surface area contributed by atoms with Crippen LogP contribution in [-0.2, 0) is 6.54 Å². The molecular formula is C23H36N6. The van der Waals surface area contributed by atoms with Crippen molar-refractivity contribution in [2.45, 2.75) is 71.0 Å². The molecule has 158 valence electrons. The van der Waals surface area contributed by atoms with E-state index in [0.29, 0.717) is 12.0 Å².